The molecule has 4 nitrogen and oxygen atoms in total. The topological polar surface area (TPSA) is 65.8 Å². The first-order valence-electron chi connectivity index (χ1n) is 5.29. The van der Waals surface area contributed by atoms with Crippen LogP contribution >= 0.6 is 0 Å². The Hall–Kier alpha value is -1.25. The molecule has 2 heterocycles. The molecule has 0 aromatic carbocycles. The van der Waals surface area contributed by atoms with Crippen LogP contribution in [-0.2, 0) is 10.8 Å². The van der Waals surface area contributed by atoms with Crippen LogP contribution in [0.4, 0.5) is 0 Å². The lowest BCUT2D eigenvalue weighted by atomic mass is 10.2. The van der Waals surface area contributed by atoms with E-state index in [2.05, 4.69) is 10.3 Å². The van der Waals surface area contributed by atoms with E-state index in [0.717, 1.165) is 25.9 Å². The SMILES string of the molecule is N#Cc1cccnc1[S@@](=O)[C@@H]1CCCNC1. The largest absolute Gasteiger partial charge is 0.316 e. The predicted octanol–water partition coefficient (Wildman–Crippen LogP) is 0.813. The zero-order valence-electron chi connectivity index (χ0n) is 8.85. The highest BCUT2D eigenvalue weighted by Gasteiger charge is 2.23. The van der Waals surface area contributed by atoms with Gasteiger partial charge in [0.25, 0.3) is 0 Å². The summed E-state index contributed by atoms with van der Waals surface area (Å²) in [6, 6.07) is 5.40. The molecule has 0 bridgehead atoms. The van der Waals surface area contributed by atoms with Gasteiger partial charge in [-0.25, -0.2) is 4.98 Å². The molecule has 1 aliphatic heterocycles. The van der Waals surface area contributed by atoms with Crippen LogP contribution in [0.25, 0.3) is 0 Å². The third-order valence-corrected chi connectivity index (χ3v) is 4.35. The second-order valence-corrected chi connectivity index (χ2v) is 5.38. The van der Waals surface area contributed by atoms with Crippen molar-refractivity contribution in [2.45, 2.75) is 23.1 Å². The molecule has 1 aliphatic rings. The van der Waals surface area contributed by atoms with Crippen LogP contribution in [0.2, 0.25) is 0 Å². The first-order chi connectivity index (χ1) is 7.83. The van der Waals surface area contributed by atoms with Crippen LogP contribution in [0, 0.1) is 11.3 Å². The minimum atomic E-state index is -1.18. The fourth-order valence-electron chi connectivity index (χ4n) is 1.80. The van der Waals surface area contributed by atoms with E-state index in [0.29, 0.717) is 10.6 Å². The molecule has 1 N–H and O–H groups in total. The molecular formula is C11H13N3OS. The van der Waals surface area contributed by atoms with Gasteiger partial charge in [-0.1, -0.05) is 0 Å². The third-order valence-electron chi connectivity index (χ3n) is 2.64. The van der Waals surface area contributed by atoms with Gasteiger partial charge in [-0.3, -0.25) is 4.21 Å². The summed E-state index contributed by atoms with van der Waals surface area (Å²) in [4.78, 5) is 4.07. The van der Waals surface area contributed by atoms with Gasteiger partial charge in [-0.15, -0.1) is 0 Å². The average molecular weight is 235 g/mol. The molecule has 1 fully saturated rings. The normalized spacial score (nSPS) is 22.3. The van der Waals surface area contributed by atoms with E-state index in [1.807, 2.05) is 6.07 Å². The molecule has 1 aromatic rings. The van der Waals surface area contributed by atoms with Crippen molar-refractivity contribution in [2.75, 3.05) is 13.1 Å². The minimum absolute atomic E-state index is 0.0794. The summed E-state index contributed by atoms with van der Waals surface area (Å²) < 4.78 is 12.2. The quantitative estimate of drug-likeness (QED) is 0.824. The summed E-state index contributed by atoms with van der Waals surface area (Å²) in [7, 11) is -1.18. The van der Waals surface area contributed by atoms with Crippen molar-refractivity contribution >= 4 is 10.8 Å². The summed E-state index contributed by atoms with van der Waals surface area (Å²) in [5.74, 6) is 0. The van der Waals surface area contributed by atoms with E-state index in [4.69, 9.17) is 5.26 Å². The number of aromatic nitrogens is 1. The number of nitrogens with zero attached hydrogens (tertiary/aromatic N) is 2. The molecular weight excluding hydrogens is 222 g/mol. The molecule has 16 heavy (non-hydrogen) atoms. The van der Waals surface area contributed by atoms with Gasteiger partial charge >= 0.3 is 0 Å². The molecule has 0 spiro atoms. The molecule has 0 unspecified atom stereocenters. The highest BCUT2D eigenvalue weighted by molar-refractivity contribution is 7.85. The van der Waals surface area contributed by atoms with E-state index >= 15 is 0 Å². The van der Waals surface area contributed by atoms with Crippen molar-refractivity contribution < 1.29 is 4.21 Å². The Morgan fingerprint density at radius 2 is 2.50 bits per heavy atom. The predicted molar refractivity (Wildman–Crippen MR) is 61.3 cm³/mol. The Morgan fingerprint density at radius 3 is 3.19 bits per heavy atom. The molecule has 0 radical (unpaired) electrons. The number of piperidine rings is 1. The first kappa shape index (κ1) is 11.2. The standard InChI is InChI=1S/C11H13N3OS/c12-7-9-3-1-6-14-11(9)16(15)10-4-2-5-13-8-10/h1,3,6,10,13H,2,4-5,8H2/t10-,16+/m1/s1. The van der Waals surface area contributed by atoms with Gasteiger partial charge < -0.3 is 5.32 Å². The molecule has 84 valence electrons. The number of nitrogens with one attached hydrogen (secondary N) is 1. The zero-order valence-corrected chi connectivity index (χ0v) is 9.67. The van der Waals surface area contributed by atoms with Gasteiger partial charge in [0.05, 0.1) is 21.6 Å². The molecule has 5 heteroatoms. The number of nitriles is 1. The van der Waals surface area contributed by atoms with Crippen LogP contribution in [0.5, 0.6) is 0 Å². The van der Waals surface area contributed by atoms with E-state index in [1.54, 1.807) is 18.3 Å². The lowest BCUT2D eigenvalue weighted by Gasteiger charge is -2.21. The van der Waals surface area contributed by atoms with Crippen molar-refractivity contribution in [2.24, 2.45) is 0 Å². The third kappa shape index (κ3) is 2.29. The minimum Gasteiger partial charge on any atom is -0.316 e. The summed E-state index contributed by atoms with van der Waals surface area (Å²) in [5.41, 5.74) is 0.423. The Labute approximate surface area is 97.2 Å². The second-order valence-electron chi connectivity index (χ2n) is 3.73. The number of rotatable bonds is 2. The van der Waals surface area contributed by atoms with Crippen LogP contribution in [0.3, 0.4) is 0 Å². The Morgan fingerprint density at radius 1 is 1.62 bits per heavy atom. The Balaban J connectivity index is 2.23. The van der Waals surface area contributed by atoms with Crippen LogP contribution in [0.1, 0.15) is 18.4 Å². The molecule has 2 rings (SSSR count). The fraction of sp³-hybridized carbons (Fsp3) is 0.455. The van der Waals surface area contributed by atoms with Crippen molar-refractivity contribution in [3.63, 3.8) is 0 Å². The van der Waals surface area contributed by atoms with Crippen molar-refractivity contribution in [3.8, 4) is 6.07 Å². The smallest absolute Gasteiger partial charge is 0.145 e. The van der Waals surface area contributed by atoms with Crippen molar-refractivity contribution in [1.82, 2.24) is 10.3 Å². The van der Waals surface area contributed by atoms with Gasteiger partial charge in [-0.05, 0) is 31.5 Å². The van der Waals surface area contributed by atoms with Gasteiger partial charge in [-0.2, -0.15) is 5.26 Å². The van der Waals surface area contributed by atoms with E-state index in [9.17, 15) is 4.21 Å². The van der Waals surface area contributed by atoms with E-state index in [-0.39, 0.29) is 5.25 Å². The van der Waals surface area contributed by atoms with Crippen molar-refractivity contribution in [1.29, 1.82) is 5.26 Å². The summed E-state index contributed by atoms with van der Waals surface area (Å²) in [6.07, 6.45) is 3.55. The number of hydrogen-bond donors (Lipinski definition) is 1. The van der Waals surface area contributed by atoms with Gasteiger partial charge in [0, 0.05) is 12.7 Å². The highest BCUT2D eigenvalue weighted by Crippen LogP contribution is 2.17. The Kier molecular flexibility index (Phi) is 3.65. The lowest BCUT2D eigenvalue weighted by molar-refractivity contribution is 0.519. The molecule has 1 aromatic heterocycles. The maximum Gasteiger partial charge on any atom is 0.145 e. The van der Waals surface area contributed by atoms with Gasteiger partial charge in [0.2, 0.25) is 0 Å². The average Bonchev–Trinajstić information content (AvgIpc) is 2.39. The summed E-state index contributed by atoms with van der Waals surface area (Å²) in [6.45, 7) is 1.73. The van der Waals surface area contributed by atoms with Crippen LogP contribution < -0.4 is 5.32 Å². The molecule has 0 saturated carbocycles. The maximum absolute atomic E-state index is 12.2. The van der Waals surface area contributed by atoms with Gasteiger partial charge in [0.15, 0.2) is 0 Å². The molecule has 1 saturated heterocycles. The van der Waals surface area contributed by atoms with Crippen LogP contribution in [0.15, 0.2) is 23.4 Å². The first-order valence-corrected chi connectivity index (χ1v) is 6.50. The summed E-state index contributed by atoms with van der Waals surface area (Å²) >= 11 is 0. The lowest BCUT2D eigenvalue weighted by Crippen LogP contribution is -2.36. The monoisotopic (exact) mass is 235 g/mol. The second kappa shape index (κ2) is 5.19. The van der Waals surface area contributed by atoms with E-state index < -0.39 is 10.8 Å². The molecule has 2 atom stereocenters. The molecule has 0 aliphatic carbocycles. The van der Waals surface area contributed by atoms with Crippen LogP contribution in [-0.4, -0.2) is 27.5 Å². The summed E-state index contributed by atoms with van der Waals surface area (Å²) in [5, 5.41) is 12.7. The van der Waals surface area contributed by atoms with Gasteiger partial charge in [0.1, 0.15) is 11.1 Å². The van der Waals surface area contributed by atoms with E-state index in [1.165, 1.54) is 0 Å². The number of pyridine rings is 1. The Bertz CT molecular complexity index is 435. The zero-order chi connectivity index (χ0) is 11.4. The van der Waals surface area contributed by atoms with Crippen molar-refractivity contribution in [3.05, 3.63) is 23.9 Å². The highest BCUT2D eigenvalue weighted by atomic mass is 32.2. The molecule has 0 amide bonds. The fourth-order valence-corrected chi connectivity index (χ4v) is 3.26. The number of hydrogen-bond acceptors (Lipinski definition) is 4. The maximum atomic E-state index is 12.2.